The molecule has 0 spiro atoms. The van der Waals surface area contributed by atoms with Crippen molar-refractivity contribution in [3.63, 3.8) is 0 Å². The van der Waals surface area contributed by atoms with E-state index in [4.69, 9.17) is 16.3 Å². The Kier molecular flexibility index (Phi) is 3.94. The van der Waals surface area contributed by atoms with E-state index in [0.717, 1.165) is 37.1 Å². The SMILES string of the molecule is Fc1ccc2c(c1)CC(CNC1CCCCC1Cl)O2. The topological polar surface area (TPSA) is 21.3 Å². The summed E-state index contributed by atoms with van der Waals surface area (Å²) in [5.41, 5.74) is 0.970. The summed E-state index contributed by atoms with van der Waals surface area (Å²) >= 11 is 6.33. The van der Waals surface area contributed by atoms with Crippen molar-refractivity contribution >= 4 is 11.6 Å². The number of rotatable bonds is 3. The van der Waals surface area contributed by atoms with Gasteiger partial charge in [-0.1, -0.05) is 12.8 Å². The summed E-state index contributed by atoms with van der Waals surface area (Å²) < 4.78 is 18.9. The second-order valence-corrected chi connectivity index (χ2v) is 6.07. The van der Waals surface area contributed by atoms with Gasteiger partial charge < -0.3 is 10.1 Å². The van der Waals surface area contributed by atoms with Crippen LogP contribution in [0.3, 0.4) is 0 Å². The van der Waals surface area contributed by atoms with Gasteiger partial charge in [0.15, 0.2) is 0 Å². The molecule has 1 aromatic carbocycles. The maximum Gasteiger partial charge on any atom is 0.123 e. The van der Waals surface area contributed by atoms with Gasteiger partial charge in [0.25, 0.3) is 0 Å². The minimum atomic E-state index is -0.191. The summed E-state index contributed by atoms with van der Waals surface area (Å²) in [5, 5.41) is 3.74. The van der Waals surface area contributed by atoms with Crippen molar-refractivity contribution in [3.8, 4) is 5.75 Å². The third-order valence-electron chi connectivity index (χ3n) is 4.05. The summed E-state index contributed by atoms with van der Waals surface area (Å²) in [5.74, 6) is 0.628. The monoisotopic (exact) mass is 283 g/mol. The lowest BCUT2D eigenvalue weighted by Gasteiger charge is -2.28. The molecule has 3 atom stereocenters. The third kappa shape index (κ3) is 3.03. The van der Waals surface area contributed by atoms with Crippen LogP contribution in [0.4, 0.5) is 4.39 Å². The molecule has 1 heterocycles. The van der Waals surface area contributed by atoms with Gasteiger partial charge in [0, 0.05) is 29.9 Å². The van der Waals surface area contributed by atoms with Crippen molar-refractivity contribution in [3.05, 3.63) is 29.6 Å². The molecule has 1 saturated carbocycles. The quantitative estimate of drug-likeness (QED) is 0.860. The van der Waals surface area contributed by atoms with Crippen LogP contribution < -0.4 is 10.1 Å². The van der Waals surface area contributed by atoms with Crippen molar-refractivity contribution < 1.29 is 9.13 Å². The molecule has 0 amide bonds. The Bertz CT molecular complexity index is 454. The molecular weight excluding hydrogens is 265 g/mol. The molecule has 2 aliphatic rings. The molecule has 0 aromatic heterocycles. The Morgan fingerprint density at radius 3 is 3.00 bits per heavy atom. The summed E-state index contributed by atoms with van der Waals surface area (Å²) in [6.07, 6.45) is 5.59. The fraction of sp³-hybridized carbons (Fsp3) is 0.600. The van der Waals surface area contributed by atoms with Crippen LogP contribution in [0.25, 0.3) is 0 Å². The highest BCUT2D eigenvalue weighted by molar-refractivity contribution is 6.21. The van der Waals surface area contributed by atoms with Gasteiger partial charge in [-0.15, -0.1) is 11.6 Å². The molecule has 1 aromatic rings. The lowest BCUT2D eigenvalue weighted by Crippen LogP contribution is -2.43. The molecule has 4 heteroatoms. The van der Waals surface area contributed by atoms with Crippen LogP contribution in [0, 0.1) is 5.82 Å². The maximum atomic E-state index is 13.1. The lowest BCUT2D eigenvalue weighted by atomic mass is 9.95. The average Bonchev–Trinajstić information content (AvgIpc) is 2.79. The van der Waals surface area contributed by atoms with Crippen molar-refractivity contribution in [1.29, 1.82) is 0 Å². The Balaban J connectivity index is 1.53. The van der Waals surface area contributed by atoms with Gasteiger partial charge in [0.1, 0.15) is 17.7 Å². The number of hydrogen-bond donors (Lipinski definition) is 1. The van der Waals surface area contributed by atoms with E-state index in [0.29, 0.717) is 6.04 Å². The maximum absolute atomic E-state index is 13.1. The van der Waals surface area contributed by atoms with E-state index in [1.165, 1.54) is 18.9 Å². The van der Waals surface area contributed by atoms with Crippen LogP contribution in [0.5, 0.6) is 5.75 Å². The fourth-order valence-corrected chi connectivity index (χ4v) is 3.37. The second-order valence-electron chi connectivity index (χ2n) is 5.51. The minimum absolute atomic E-state index is 0.0996. The van der Waals surface area contributed by atoms with E-state index < -0.39 is 0 Å². The van der Waals surface area contributed by atoms with E-state index in [2.05, 4.69) is 5.32 Å². The van der Waals surface area contributed by atoms with Gasteiger partial charge >= 0.3 is 0 Å². The van der Waals surface area contributed by atoms with Crippen molar-refractivity contribution in [2.45, 2.75) is 49.6 Å². The number of fused-ring (bicyclic) bond motifs is 1. The minimum Gasteiger partial charge on any atom is -0.488 e. The van der Waals surface area contributed by atoms with Crippen LogP contribution in [-0.2, 0) is 6.42 Å². The van der Waals surface area contributed by atoms with Crippen molar-refractivity contribution in [2.75, 3.05) is 6.54 Å². The van der Waals surface area contributed by atoms with E-state index >= 15 is 0 Å². The number of halogens is 2. The number of nitrogens with one attached hydrogen (secondary N) is 1. The molecular formula is C15H19ClFNO. The summed E-state index contributed by atoms with van der Waals surface area (Å²) in [7, 11) is 0. The van der Waals surface area contributed by atoms with Crippen LogP contribution >= 0.6 is 11.6 Å². The van der Waals surface area contributed by atoms with Gasteiger partial charge in [-0.25, -0.2) is 4.39 Å². The molecule has 2 nitrogen and oxygen atoms in total. The highest BCUT2D eigenvalue weighted by Crippen LogP contribution is 2.29. The molecule has 1 N–H and O–H groups in total. The Morgan fingerprint density at radius 1 is 1.32 bits per heavy atom. The zero-order valence-electron chi connectivity index (χ0n) is 10.9. The predicted molar refractivity (Wildman–Crippen MR) is 74.4 cm³/mol. The molecule has 1 aliphatic heterocycles. The van der Waals surface area contributed by atoms with E-state index in [9.17, 15) is 4.39 Å². The lowest BCUT2D eigenvalue weighted by molar-refractivity contribution is 0.215. The number of alkyl halides is 1. The molecule has 3 unspecified atom stereocenters. The Morgan fingerprint density at radius 2 is 2.16 bits per heavy atom. The van der Waals surface area contributed by atoms with Crippen LogP contribution in [-0.4, -0.2) is 24.1 Å². The second kappa shape index (κ2) is 5.68. The molecule has 19 heavy (non-hydrogen) atoms. The first-order chi connectivity index (χ1) is 9.22. The number of ether oxygens (including phenoxy) is 1. The van der Waals surface area contributed by atoms with Crippen LogP contribution in [0.15, 0.2) is 18.2 Å². The molecule has 104 valence electrons. The molecule has 0 bridgehead atoms. The van der Waals surface area contributed by atoms with Crippen LogP contribution in [0.1, 0.15) is 31.2 Å². The smallest absolute Gasteiger partial charge is 0.123 e. The average molecular weight is 284 g/mol. The van der Waals surface area contributed by atoms with Crippen LogP contribution in [0.2, 0.25) is 0 Å². The Labute approximate surface area is 118 Å². The highest BCUT2D eigenvalue weighted by Gasteiger charge is 2.27. The van der Waals surface area contributed by atoms with Gasteiger partial charge in [0.2, 0.25) is 0 Å². The normalized spacial score (nSPS) is 29.9. The zero-order valence-corrected chi connectivity index (χ0v) is 11.6. The van der Waals surface area contributed by atoms with E-state index in [1.54, 1.807) is 12.1 Å². The van der Waals surface area contributed by atoms with Gasteiger partial charge in [-0.05, 0) is 31.0 Å². The van der Waals surface area contributed by atoms with Gasteiger partial charge in [0.05, 0.1) is 0 Å². The van der Waals surface area contributed by atoms with E-state index in [1.807, 2.05) is 0 Å². The third-order valence-corrected chi connectivity index (χ3v) is 4.58. The summed E-state index contributed by atoms with van der Waals surface area (Å²) in [6, 6.07) is 5.12. The van der Waals surface area contributed by atoms with Gasteiger partial charge in [-0.3, -0.25) is 0 Å². The largest absolute Gasteiger partial charge is 0.488 e. The summed E-state index contributed by atoms with van der Waals surface area (Å²) in [4.78, 5) is 0. The first-order valence-corrected chi connectivity index (χ1v) is 7.48. The Hall–Kier alpha value is -0.800. The molecule has 0 radical (unpaired) electrons. The van der Waals surface area contributed by atoms with Crippen molar-refractivity contribution in [2.24, 2.45) is 0 Å². The molecule has 1 fully saturated rings. The first-order valence-electron chi connectivity index (χ1n) is 7.05. The molecule has 0 saturated heterocycles. The first kappa shape index (κ1) is 13.2. The number of benzene rings is 1. The summed E-state index contributed by atoms with van der Waals surface area (Å²) in [6.45, 7) is 0.782. The predicted octanol–water partition coefficient (Wildman–Crippen LogP) is 3.27. The van der Waals surface area contributed by atoms with Crippen molar-refractivity contribution in [1.82, 2.24) is 5.32 Å². The highest BCUT2D eigenvalue weighted by atomic mass is 35.5. The van der Waals surface area contributed by atoms with E-state index in [-0.39, 0.29) is 17.3 Å². The standard InChI is InChI=1S/C15H19ClFNO/c16-13-3-1-2-4-14(13)18-9-12-8-10-7-11(17)5-6-15(10)19-12/h5-7,12-14,18H,1-4,8-9H2. The zero-order chi connectivity index (χ0) is 13.2. The molecule has 3 rings (SSSR count). The molecule has 1 aliphatic carbocycles. The number of hydrogen-bond acceptors (Lipinski definition) is 2. The van der Waals surface area contributed by atoms with Gasteiger partial charge in [-0.2, -0.15) is 0 Å². The fourth-order valence-electron chi connectivity index (χ4n) is 3.00.